The molecule has 86 valence electrons. The summed E-state index contributed by atoms with van der Waals surface area (Å²) in [7, 11) is 0. The third kappa shape index (κ3) is 3.39. The van der Waals surface area contributed by atoms with E-state index in [2.05, 4.69) is 10.2 Å². The van der Waals surface area contributed by atoms with Crippen LogP contribution in [-0.2, 0) is 0 Å². The molecule has 1 rings (SSSR count). The van der Waals surface area contributed by atoms with Crippen LogP contribution in [0.15, 0.2) is 5.16 Å². The molecule has 0 amide bonds. The van der Waals surface area contributed by atoms with Crippen LogP contribution in [0.1, 0.15) is 33.7 Å². The molecule has 0 saturated carbocycles. The van der Waals surface area contributed by atoms with Crippen molar-refractivity contribution in [3.05, 3.63) is 0 Å². The number of anilines is 1. The Morgan fingerprint density at radius 2 is 2.07 bits per heavy atom. The summed E-state index contributed by atoms with van der Waals surface area (Å²) >= 11 is 1.46. The smallest absolute Gasteiger partial charge is 0.222 e. The Morgan fingerprint density at radius 3 is 2.53 bits per heavy atom. The van der Waals surface area contributed by atoms with Gasteiger partial charge in [0.2, 0.25) is 5.95 Å². The predicted octanol–water partition coefficient (Wildman–Crippen LogP) is 1.30. The standard InChI is InChI=1S/C9H18N4OS/c1-6(2)13-7(10)11-12-8(13)15-5-9(3,4)14/h6,14H,5H2,1-4H3,(H2,10,11). The van der Waals surface area contributed by atoms with Crippen molar-refractivity contribution < 1.29 is 5.11 Å². The second-order valence-electron chi connectivity index (χ2n) is 4.41. The highest BCUT2D eigenvalue weighted by molar-refractivity contribution is 7.99. The number of hydrogen-bond donors (Lipinski definition) is 2. The van der Waals surface area contributed by atoms with Crippen LogP contribution in [0.5, 0.6) is 0 Å². The maximum absolute atomic E-state index is 9.61. The molecule has 0 bridgehead atoms. The van der Waals surface area contributed by atoms with Gasteiger partial charge >= 0.3 is 0 Å². The van der Waals surface area contributed by atoms with Gasteiger partial charge in [0, 0.05) is 11.8 Å². The summed E-state index contributed by atoms with van der Waals surface area (Å²) < 4.78 is 1.86. The van der Waals surface area contributed by atoms with Crippen molar-refractivity contribution in [1.29, 1.82) is 0 Å². The second kappa shape index (κ2) is 4.40. The second-order valence-corrected chi connectivity index (χ2v) is 5.35. The highest BCUT2D eigenvalue weighted by Gasteiger charge is 2.18. The molecule has 3 N–H and O–H groups in total. The number of rotatable bonds is 4. The lowest BCUT2D eigenvalue weighted by molar-refractivity contribution is 0.107. The maximum atomic E-state index is 9.61. The zero-order valence-corrected chi connectivity index (χ0v) is 10.4. The first kappa shape index (κ1) is 12.3. The molecule has 0 atom stereocenters. The van der Waals surface area contributed by atoms with Gasteiger partial charge in [-0.1, -0.05) is 11.8 Å². The van der Waals surface area contributed by atoms with Crippen molar-refractivity contribution in [2.24, 2.45) is 0 Å². The van der Waals surface area contributed by atoms with Crippen LogP contribution in [0.2, 0.25) is 0 Å². The molecule has 1 heterocycles. The molecule has 0 unspecified atom stereocenters. The molecule has 0 fully saturated rings. The maximum Gasteiger partial charge on any atom is 0.222 e. The quantitative estimate of drug-likeness (QED) is 0.762. The topological polar surface area (TPSA) is 77.0 Å². The van der Waals surface area contributed by atoms with Crippen LogP contribution in [0.4, 0.5) is 5.95 Å². The van der Waals surface area contributed by atoms with E-state index in [9.17, 15) is 5.11 Å². The Labute approximate surface area is 94.1 Å². The monoisotopic (exact) mass is 230 g/mol. The number of aromatic nitrogens is 3. The number of nitrogens with two attached hydrogens (primary N) is 1. The number of thioether (sulfide) groups is 1. The fraction of sp³-hybridized carbons (Fsp3) is 0.778. The first-order valence-corrected chi connectivity index (χ1v) is 5.85. The lowest BCUT2D eigenvalue weighted by Gasteiger charge is -2.17. The first-order chi connectivity index (χ1) is 6.81. The average molecular weight is 230 g/mol. The van der Waals surface area contributed by atoms with Crippen LogP contribution in [0, 0.1) is 0 Å². The summed E-state index contributed by atoms with van der Waals surface area (Å²) in [5, 5.41) is 18.2. The molecule has 0 aliphatic heterocycles. The molecule has 1 aromatic heterocycles. The number of hydrogen-bond acceptors (Lipinski definition) is 5. The van der Waals surface area contributed by atoms with E-state index < -0.39 is 5.60 Å². The molecule has 0 spiro atoms. The molecule has 0 aliphatic carbocycles. The third-order valence-electron chi connectivity index (χ3n) is 1.76. The Morgan fingerprint density at radius 1 is 1.47 bits per heavy atom. The van der Waals surface area contributed by atoms with Crippen molar-refractivity contribution in [1.82, 2.24) is 14.8 Å². The lowest BCUT2D eigenvalue weighted by Crippen LogP contribution is -2.22. The Balaban J connectivity index is 2.78. The van der Waals surface area contributed by atoms with Gasteiger partial charge in [-0.05, 0) is 27.7 Å². The summed E-state index contributed by atoms with van der Waals surface area (Å²) in [6.07, 6.45) is 0. The molecule has 6 heteroatoms. The number of aliphatic hydroxyl groups is 1. The van der Waals surface area contributed by atoms with Gasteiger partial charge in [0.15, 0.2) is 5.16 Å². The predicted molar refractivity (Wildman–Crippen MR) is 61.8 cm³/mol. The van der Waals surface area contributed by atoms with E-state index in [0.717, 1.165) is 5.16 Å². The van der Waals surface area contributed by atoms with Crippen LogP contribution in [-0.4, -0.2) is 31.2 Å². The van der Waals surface area contributed by atoms with E-state index in [-0.39, 0.29) is 6.04 Å². The van der Waals surface area contributed by atoms with E-state index >= 15 is 0 Å². The van der Waals surface area contributed by atoms with Gasteiger partial charge in [0.05, 0.1) is 5.60 Å². The first-order valence-electron chi connectivity index (χ1n) is 4.87. The number of nitrogen functional groups attached to an aromatic ring is 1. The normalized spacial score (nSPS) is 12.4. The Bertz CT molecular complexity index is 329. The molecule has 5 nitrogen and oxygen atoms in total. The van der Waals surface area contributed by atoms with Gasteiger partial charge in [-0.15, -0.1) is 10.2 Å². The molecule has 0 radical (unpaired) electrons. The van der Waals surface area contributed by atoms with E-state index in [1.54, 1.807) is 13.8 Å². The average Bonchev–Trinajstić information content (AvgIpc) is 2.42. The van der Waals surface area contributed by atoms with Crippen molar-refractivity contribution >= 4 is 17.7 Å². The van der Waals surface area contributed by atoms with E-state index in [0.29, 0.717) is 11.7 Å². The van der Waals surface area contributed by atoms with Crippen LogP contribution in [0.3, 0.4) is 0 Å². The minimum atomic E-state index is -0.715. The van der Waals surface area contributed by atoms with Crippen molar-refractivity contribution in [2.45, 2.75) is 44.5 Å². The third-order valence-corrected chi connectivity index (χ3v) is 3.15. The van der Waals surface area contributed by atoms with Crippen LogP contribution >= 0.6 is 11.8 Å². The molecular formula is C9H18N4OS. The van der Waals surface area contributed by atoms with E-state index in [1.165, 1.54) is 11.8 Å². The van der Waals surface area contributed by atoms with Gasteiger partial charge < -0.3 is 10.8 Å². The number of nitrogens with zero attached hydrogens (tertiary/aromatic N) is 3. The Hall–Kier alpha value is -0.750. The lowest BCUT2D eigenvalue weighted by atomic mass is 10.2. The largest absolute Gasteiger partial charge is 0.390 e. The molecular weight excluding hydrogens is 212 g/mol. The van der Waals surface area contributed by atoms with Crippen LogP contribution < -0.4 is 5.73 Å². The highest BCUT2D eigenvalue weighted by Crippen LogP contribution is 2.25. The molecule has 15 heavy (non-hydrogen) atoms. The highest BCUT2D eigenvalue weighted by atomic mass is 32.2. The van der Waals surface area contributed by atoms with Gasteiger partial charge in [-0.2, -0.15) is 0 Å². The van der Waals surface area contributed by atoms with Crippen LogP contribution in [0.25, 0.3) is 0 Å². The van der Waals surface area contributed by atoms with Gasteiger partial charge in [0.25, 0.3) is 0 Å². The molecule has 1 aromatic rings. The van der Waals surface area contributed by atoms with Gasteiger partial charge in [0.1, 0.15) is 0 Å². The summed E-state index contributed by atoms with van der Waals surface area (Å²) in [5.41, 5.74) is 4.98. The van der Waals surface area contributed by atoms with Gasteiger partial charge in [-0.25, -0.2) is 0 Å². The fourth-order valence-corrected chi connectivity index (χ4v) is 2.14. The zero-order valence-electron chi connectivity index (χ0n) is 9.56. The van der Waals surface area contributed by atoms with E-state index in [4.69, 9.17) is 5.73 Å². The zero-order chi connectivity index (χ0) is 11.6. The summed E-state index contributed by atoms with van der Waals surface area (Å²) in [6, 6.07) is 0.226. The molecule has 0 saturated heterocycles. The van der Waals surface area contributed by atoms with E-state index in [1.807, 2.05) is 18.4 Å². The molecule has 0 aromatic carbocycles. The van der Waals surface area contributed by atoms with Crippen molar-refractivity contribution in [3.63, 3.8) is 0 Å². The summed E-state index contributed by atoms with van der Waals surface area (Å²) in [6.45, 7) is 7.57. The van der Waals surface area contributed by atoms with Crippen molar-refractivity contribution in [3.8, 4) is 0 Å². The minimum Gasteiger partial charge on any atom is -0.390 e. The Kier molecular flexibility index (Phi) is 3.62. The minimum absolute atomic E-state index is 0.226. The fourth-order valence-electron chi connectivity index (χ4n) is 1.11. The SMILES string of the molecule is CC(C)n1c(N)nnc1SCC(C)(C)O. The van der Waals surface area contributed by atoms with Crippen molar-refractivity contribution in [2.75, 3.05) is 11.5 Å². The van der Waals surface area contributed by atoms with Gasteiger partial charge in [-0.3, -0.25) is 4.57 Å². The molecule has 0 aliphatic rings. The summed E-state index contributed by atoms with van der Waals surface area (Å²) in [5.74, 6) is 0.987. The summed E-state index contributed by atoms with van der Waals surface area (Å²) in [4.78, 5) is 0.